The normalized spacial score (nSPS) is 10.5. The molecular formula is C23H23ClN2O2. The van der Waals surface area contributed by atoms with Crippen molar-refractivity contribution in [3.63, 3.8) is 0 Å². The van der Waals surface area contributed by atoms with Crippen molar-refractivity contribution in [3.8, 4) is 5.75 Å². The van der Waals surface area contributed by atoms with Crippen LogP contribution >= 0.6 is 11.6 Å². The molecule has 0 aliphatic heterocycles. The first-order chi connectivity index (χ1) is 13.7. The molecular weight excluding hydrogens is 372 g/mol. The van der Waals surface area contributed by atoms with Crippen LogP contribution < -0.4 is 10.1 Å². The monoisotopic (exact) mass is 394 g/mol. The van der Waals surface area contributed by atoms with Gasteiger partial charge in [0.05, 0.1) is 5.69 Å². The summed E-state index contributed by atoms with van der Waals surface area (Å²) < 4.78 is 5.72. The van der Waals surface area contributed by atoms with Gasteiger partial charge in [-0.25, -0.2) is 0 Å². The fourth-order valence-electron chi connectivity index (χ4n) is 2.74. The van der Waals surface area contributed by atoms with Crippen molar-refractivity contribution < 1.29 is 9.53 Å². The van der Waals surface area contributed by atoms with E-state index in [4.69, 9.17) is 16.3 Å². The number of ether oxygens (including phenoxy) is 1. The van der Waals surface area contributed by atoms with Gasteiger partial charge in [-0.2, -0.15) is 0 Å². The van der Waals surface area contributed by atoms with E-state index in [2.05, 4.69) is 10.3 Å². The summed E-state index contributed by atoms with van der Waals surface area (Å²) in [5, 5.41) is 3.69. The van der Waals surface area contributed by atoms with Gasteiger partial charge in [-0.05, 0) is 60.4 Å². The molecule has 0 atom stereocenters. The van der Waals surface area contributed by atoms with E-state index in [1.54, 1.807) is 6.20 Å². The Morgan fingerprint density at radius 1 is 0.964 bits per heavy atom. The number of amides is 1. The van der Waals surface area contributed by atoms with Gasteiger partial charge in [-0.15, -0.1) is 0 Å². The zero-order chi connectivity index (χ0) is 19.6. The highest BCUT2D eigenvalue weighted by Crippen LogP contribution is 2.14. The summed E-state index contributed by atoms with van der Waals surface area (Å²) in [5.41, 5.74) is 3.12. The average Bonchev–Trinajstić information content (AvgIpc) is 2.74. The zero-order valence-corrected chi connectivity index (χ0v) is 16.4. The number of nitrogens with zero attached hydrogens (tertiary/aromatic N) is 1. The molecule has 144 valence electrons. The smallest absolute Gasteiger partial charge is 0.220 e. The first-order valence-corrected chi connectivity index (χ1v) is 9.69. The molecule has 0 aliphatic rings. The quantitative estimate of drug-likeness (QED) is 0.558. The predicted octanol–water partition coefficient (Wildman–Crippen LogP) is 4.95. The van der Waals surface area contributed by atoms with Gasteiger partial charge in [0.2, 0.25) is 5.91 Å². The molecule has 28 heavy (non-hydrogen) atoms. The van der Waals surface area contributed by atoms with Crippen LogP contribution in [0.25, 0.3) is 0 Å². The van der Waals surface area contributed by atoms with E-state index in [1.165, 1.54) is 5.56 Å². The van der Waals surface area contributed by atoms with Crippen molar-refractivity contribution in [3.05, 3.63) is 94.8 Å². The number of halogens is 1. The number of hydrogen-bond donors (Lipinski definition) is 1. The third-order valence-corrected chi connectivity index (χ3v) is 4.56. The van der Waals surface area contributed by atoms with Crippen LogP contribution in [0, 0.1) is 0 Å². The van der Waals surface area contributed by atoms with E-state index in [0.717, 1.165) is 34.9 Å². The lowest BCUT2D eigenvalue weighted by atomic mass is 10.1. The Morgan fingerprint density at radius 3 is 2.43 bits per heavy atom. The molecule has 2 aromatic carbocycles. The lowest BCUT2D eigenvalue weighted by Gasteiger charge is -2.08. The number of benzene rings is 2. The van der Waals surface area contributed by atoms with Crippen molar-refractivity contribution in [2.45, 2.75) is 32.4 Å². The molecule has 0 saturated carbocycles. The van der Waals surface area contributed by atoms with Crippen LogP contribution in [0.5, 0.6) is 5.75 Å². The minimum absolute atomic E-state index is 0.0597. The maximum atomic E-state index is 12.0. The molecule has 1 aromatic heterocycles. The Kier molecular flexibility index (Phi) is 7.44. The number of carbonyl (C=O) groups excluding carboxylic acids is 1. The van der Waals surface area contributed by atoms with Gasteiger partial charge in [0.15, 0.2) is 0 Å². The van der Waals surface area contributed by atoms with Gasteiger partial charge in [0.1, 0.15) is 12.4 Å². The predicted molar refractivity (Wildman–Crippen MR) is 111 cm³/mol. The number of rotatable bonds is 9. The number of carbonyl (C=O) groups is 1. The zero-order valence-electron chi connectivity index (χ0n) is 15.6. The van der Waals surface area contributed by atoms with E-state index < -0.39 is 0 Å². The van der Waals surface area contributed by atoms with Crippen molar-refractivity contribution in [1.29, 1.82) is 0 Å². The lowest BCUT2D eigenvalue weighted by molar-refractivity contribution is -0.121. The summed E-state index contributed by atoms with van der Waals surface area (Å²) in [6.45, 7) is 0.949. The highest BCUT2D eigenvalue weighted by molar-refractivity contribution is 6.30. The first kappa shape index (κ1) is 19.9. The highest BCUT2D eigenvalue weighted by atomic mass is 35.5. The molecule has 3 rings (SSSR count). The second-order valence-corrected chi connectivity index (χ2v) is 6.95. The van der Waals surface area contributed by atoms with E-state index in [0.29, 0.717) is 19.6 Å². The van der Waals surface area contributed by atoms with E-state index in [9.17, 15) is 4.79 Å². The Bertz CT molecular complexity index is 865. The summed E-state index contributed by atoms with van der Waals surface area (Å²) in [4.78, 5) is 16.3. The van der Waals surface area contributed by atoms with Gasteiger partial charge in [0, 0.05) is 24.2 Å². The van der Waals surface area contributed by atoms with Crippen molar-refractivity contribution in [2.24, 2.45) is 0 Å². The summed E-state index contributed by atoms with van der Waals surface area (Å²) in [7, 11) is 0. The van der Waals surface area contributed by atoms with Crippen LogP contribution in [0.3, 0.4) is 0 Å². The average molecular weight is 395 g/mol. The number of aryl methyl sites for hydroxylation is 1. The Balaban J connectivity index is 1.35. The maximum Gasteiger partial charge on any atom is 0.220 e. The van der Waals surface area contributed by atoms with Crippen LogP contribution in [0.1, 0.15) is 29.7 Å². The third kappa shape index (κ3) is 6.71. The molecule has 0 fully saturated rings. The van der Waals surface area contributed by atoms with E-state index in [-0.39, 0.29) is 5.91 Å². The molecule has 0 bridgehead atoms. The molecule has 4 nitrogen and oxygen atoms in total. The molecule has 0 aliphatic carbocycles. The molecule has 0 spiro atoms. The van der Waals surface area contributed by atoms with Crippen LogP contribution in [0.2, 0.25) is 5.02 Å². The van der Waals surface area contributed by atoms with Gasteiger partial charge in [-0.1, -0.05) is 41.9 Å². The Labute approximate surface area is 170 Å². The van der Waals surface area contributed by atoms with Crippen molar-refractivity contribution in [1.82, 2.24) is 10.3 Å². The number of pyridine rings is 1. The minimum Gasteiger partial charge on any atom is -0.487 e. The van der Waals surface area contributed by atoms with E-state index in [1.807, 2.05) is 66.7 Å². The fraction of sp³-hybridized carbons (Fsp3) is 0.217. The molecule has 0 unspecified atom stereocenters. The third-order valence-electron chi connectivity index (χ3n) is 4.31. The Morgan fingerprint density at radius 2 is 1.71 bits per heavy atom. The fourth-order valence-corrected chi connectivity index (χ4v) is 2.86. The van der Waals surface area contributed by atoms with Gasteiger partial charge < -0.3 is 10.1 Å². The van der Waals surface area contributed by atoms with Gasteiger partial charge in [-0.3, -0.25) is 9.78 Å². The second-order valence-electron chi connectivity index (χ2n) is 6.51. The van der Waals surface area contributed by atoms with Crippen LogP contribution in [0.15, 0.2) is 72.9 Å². The summed E-state index contributed by atoms with van der Waals surface area (Å²) in [6.07, 6.45) is 3.94. The van der Waals surface area contributed by atoms with Gasteiger partial charge in [0.25, 0.3) is 0 Å². The Hall–Kier alpha value is -2.85. The second kappa shape index (κ2) is 10.5. The highest BCUT2D eigenvalue weighted by Gasteiger charge is 2.03. The SMILES string of the molecule is O=C(CCCc1ccc(Cl)cc1)NCc1ccc(OCc2ccccn2)cc1. The first-order valence-electron chi connectivity index (χ1n) is 9.32. The number of nitrogens with one attached hydrogen (secondary N) is 1. The molecule has 3 aromatic rings. The maximum absolute atomic E-state index is 12.0. The van der Waals surface area contributed by atoms with E-state index >= 15 is 0 Å². The number of aromatic nitrogens is 1. The molecule has 5 heteroatoms. The van der Waals surface area contributed by atoms with Crippen molar-refractivity contribution in [2.75, 3.05) is 0 Å². The largest absolute Gasteiger partial charge is 0.487 e. The topological polar surface area (TPSA) is 51.2 Å². The lowest BCUT2D eigenvalue weighted by Crippen LogP contribution is -2.22. The molecule has 0 saturated heterocycles. The van der Waals surface area contributed by atoms with Gasteiger partial charge >= 0.3 is 0 Å². The summed E-state index contributed by atoms with van der Waals surface area (Å²) in [5.74, 6) is 0.841. The molecule has 1 N–H and O–H groups in total. The van der Waals surface area contributed by atoms with Crippen LogP contribution in [0.4, 0.5) is 0 Å². The summed E-state index contributed by atoms with van der Waals surface area (Å²) >= 11 is 5.88. The molecule has 0 radical (unpaired) electrons. The minimum atomic E-state index is 0.0597. The van der Waals surface area contributed by atoms with Crippen LogP contribution in [-0.4, -0.2) is 10.9 Å². The molecule has 1 heterocycles. The van der Waals surface area contributed by atoms with Crippen molar-refractivity contribution >= 4 is 17.5 Å². The standard InChI is InChI=1S/C23H23ClN2O2/c24-20-11-7-18(8-12-20)4-3-6-23(27)26-16-19-9-13-22(14-10-19)28-17-21-5-1-2-15-25-21/h1-2,5,7-15H,3-4,6,16-17H2,(H,26,27). The molecule has 1 amide bonds. The summed E-state index contributed by atoms with van der Waals surface area (Å²) in [6, 6.07) is 21.2. The number of hydrogen-bond acceptors (Lipinski definition) is 3. The van der Waals surface area contributed by atoms with Crippen LogP contribution in [-0.2, 0) is 24.4 Å².